The molecule has 0 unspecified atom stereocenters. The Balaban J connectivity index is 2.22. The highest BCUT2D eigenvalue weighted by Crippen LogP contribution is 2.20. The van der Waals surface area contributed by atoms with E-state index in [2.05, 4.69) is 45.8 Å². The SMILES string of the molecule is Cc1ccc(NC(=O)c2ccc(I)cc2)c(CN(C)C)c1. The van der Waals surface area contributed by atoms with E-state index in [9.17, 15) is 4.79 Å². The van der Waals surface area contributed by atoms with Crippen LogP contribution >= 0.6 is 22.6 Å². The lowest BCUT2D eigenvalue weighted by Gasteiger charge is -2.16. The van der Waals surface area contributed by atoms with Gasteiger partial charge in [-0.15, -0.1) is 0 Å². The molecule has 2 aromatic rings. The standard InChI is InChI=1S/C17H19IN2O/c1-12-4-9-16(14(10-12)11-20(2)3)19-17(21)13-5-7-15(18)8-6-13/h4-10H,11H2,1-3H3,(H,19,21). The fourth-order valence-corrected chi connectivity index (χ4v) is 2.47. The van der Waals surface area contributed by atoms with Gasteiger partial charge in [-0.25, -0.2) is 0 Å². The number of nitrogens with one attached hydrogen (secondary N) is 1. The van der Waals surface area contributed by atoms with Gasteiger partial charge < -0.3 is 10.2 Å². The summed E-state index contributed by atoms with van der Waals surface area (Å²) in [7, 11) is 4.04. The number of benzene rings is 2. The van der Waals surface area contributed by atoms with E-state index in [1.54, 1.807) is 0 Å². The summed E-state index contributed by atoms with van der Waals surface area (Å²) in [5.41, 5.74) is 3.86. The van der Waals surface area contributed by atoms with Crippen molar-refractivity contribution in [2.45, 2.75) is 13.5 Å². The molecule has 0 aromatic heterocycles. The van der Waals surface area contributed by atoms with Crippen LogP contribution in [0.5, 0.6) is 0 Å². The van der Waals surface area contributed by atoms with Crippen molar-refractivity contribution in [1.82, 2.24) is 4.90 Å². The third-order valence-electron chi connectivity index (χ3n) is 3.10. The zero-order valence-electron chi connectivity index (χ0n) is 12.5. The average Bonchev–Trinajstić information content (AvgIpc) is 2.42. The quantitative estimate of drug-likeness (QED) is 0.798. The van der Waals surface area contributed by atoms with Gasteiger partial charge in [0.2, 0.25) is 0 Å². The number of carbonyl (C=O) groups is 1. The number of aryl methyl sites for hydroxylation is 1. The fraction of sp³-hybridized carbons (Fsp3) is 0.235. The summed E-state index contributed by atoms with van der Waals surface area (Å²) >= 11 is 2.23. The van der Waals surface area contributed by atoms with E-state index in [1.807, 2.05) is 50.5 Å². The van der Waals surface area contributed by atoms with Gasteiger partial charge in [0.25, 0.3) is 5.91 Å². The van der Waals surface area contributed by atoms with Crippen LogP contribution in [0.2, 0.25) is 0 Å². The van der Waals surface area contributed by atoms with Gasteiger partial charge in [-0.3, -0.25) is 4.79 Å². The topological polar surface area (TPSA) is 32.3 Å². The zero-order valence-corrected chi connectivity index (χ0v) is 14.6. The van der Waals surface area contributed by atoms with Gasteiger partial charge in [0, 0.05) is 21.4 Å². The van der Waals surface area contributed by atoms with E-state index >= 15 is 0 Å². The largest absolute Gasteiger partial charge is 0.322 e. The maximum absolute atomic E-state index is 12.3. The minimum Gasteiger partial charge on any atom is -0.322 e. The molecule has 1 amide bonds. The normalized spacial score (nSPS) is 10.7. The molecular formula is C17H19IN2O. The van der Waals surface area contributed by atoms with Gasteiger partial charge in [0.15, 0.2) is 0 Å². The van der Waals surface area contributed by atoms with Crippen molar-refractivity contribution < 1.29 is 4.79 Å². The monoisotopic (exact) mass is 394 g/mol. The Bertz CT molecular complexity index is 636. The lowest BCUT2D eigenvalue weighted by atomic mass is 10.1. The number of rotatable bonds is 4. The minimum atomic E-state index is -0.0738. The Morgan fingerprint density at radius 1 is 1.14 bits per heavy atom. The summed E-state index contributed by atoms with van der Waals surface area (Å²) < 4.78 is 1.12. The second-order valence-corrected chi connectivity index (χ2v) is 6.61. The van der Waals surface area contributed by atoms with E-state index in [1.165, 1.54) is 5.56 Å². The van der Waals surface area contributed by atoms with Crippen LogP contribution in [0.1, 0.15) is 21.5 Å². The molecule has 0 radical (unpaired) electrons. The molecule has 0 fully saturated rings. The third kappa shape index (κ3) is 4.54. The summed E-state index contributed by atoms with van der Waals surface area (Å²) in [5, 5.41) is 3.01. The van der Waals surface area contributed by atoms with E-state index in [4.69, 9.17) is 0 Å². The number of nitrogens with zero attached hydrogens (tertiary/aromatic N) is 1. The fourth-order valence-electron chi connectivity index (χ4n) is 2.11. The number of amides is 1. The molecule has 0 atom stereocenters. The van der Waals surface area contributed by atoms with Crippen molar-refractivity contribution in [2.75, 3.05) is 19.4 Å². The first-order chi connectivity index (χ1) is 9.95. The van der Waals surface area contributed by atoms with E-state index in [0.29, 0.717) is 5.56 Å². The zero-order chi connectivity index (χ0) is 15.4. The summed E-state index contributed by atoms with van der Waals surface area (Å²) in [6.45, 7) is 2.86. The molecule has 0 saturated carbocycles. The van der Waals surface area contributed by atoms with Crippen molar-refractivity contribution in [1.29, 1.82) is 0 Å². The smallest absolute Gasteiger partial charge is 0.255 e. The Kier molecular flexibility index (Phi) is 5.36. The first kappa shape index (κ1) is 16.0. The molecule has 0 aliphatic rings. The van der Waals surface area contributed by atoms with E-state index in [-0.39, 0.29) is 5.91 Å². The third-order valence-corrected chi connectivity index (χ3v) is 3.82. The number of halogens is 1. The summed E-state index contributed by atoms with van der Waals surface area (Å²) in [6, 6.07) is 13.7. The maximum atomic E-state index is 12.3. The second kappa shape index (κ2) is 7.04. The lowest BCUT2D eigenvalue weighted by molar-refractivity contribution is 0.102. The van der Waals surface area contributed by atoms with Crippen LogP contribution in [0.4, 0.5) is 5.69 Å². The Morgan fingerprint density at radius 3 is 2.43 bits per heavy atom. The number of hydrogen-bond acceptors (Lipinski definition) is 2. The van der Waals surface area contributed by atoms with Crippen molar-refractivity contribution in [3.8, 4) is 0 Å². The predicted octanol–water partition coefficient (Wildman–Crippen LogP) is 3.91. The number of hydrogen-bond donors (Lipinski definition) is 1. The van der Waals surface area contributed by atoms with Crippen molar-refractivity contribution in [3.63, 3.8) is 0 Å². The van der Waals surface area contributed by atoms with Gasteiger partial charge in [-0.1, -0.05) is 17.7 Å². The van der Waals surface area contributed by atoms with Crippen LogP contribution in [0, 0.1) is 10.5 Å². The summed E-state index contributed by atoms with van der Waals surface area (Å²) in [6.07, 6.45) is 0. The summed E-state index contributed by atoms with van der Waals surface area (Å²) in [4.78, 5) is 14.4. The molecule has 1 N–H and O–H groups in total. The molecule has 110 valence electrons. The minimum absolute atomic E-state index is 0.0738. The first-order valence-corrected chi connectivity index (χ1v) is 7.85. The van der Waals surface area contributed by atoms with Gasteiger partial charge in [0.1, 0.15) is 0 Å². The van der Waals surface area contributed by atoms with E-state index in [0.717, 1.165) is 21.4 Å². The lowest BCUT2D eigenvalue weighted by Crippen LogP contribution is -2.16. The molecule has 0 spiro atoms. The second-order valence-electron chi connectivity index (χ2n) is 5.36. The predicted molar refractivity (Wildman–Crippen MR) is 95.7 cm³/mol. The molecule has 2 rings (SSSR count). The molecule has 21 heavy (non-hydrogen) atoms. The van der Waals surface area contributed by atoms with Gasteiger partial charge >= 0.3 is 0 Å². The van der Waals surface area contributed by atoms with Crippen LogP contribution in [0.3, 0.4) is 0 Å². The van der Waals surface area contributed by atoms with Crippen LogP contribution < -0.4 is 5.32 Å². The van der Waals surface area contributed by atoms with Crippen molar-refractivity contribution in [3.05, 3.63) is 62.7 Å². The Labute approximate surface area is 139 Å². The Morgan fingerprint density at radius 2 is 1.81 bits per heavy atom. The van der Waals surface area contributed by atoms with Crippen LogP contribution in [0.15, 0.2) is 42.5 Å². The molecule has 0 aliphatic heterocycles. The average molecular weight is 394 g/mol. The molecule has 0 saturated heterocycles. The van der Waals surface area contributed by atoms with E-state index < -0.39 is 0 Å². The highest BCUT2D eigenvalue weighted by atomic mass is 127. The molecule has 0 bridgehead atoms. The molecule has 0 aliphatic carbocycles. The van der Waals surface area contributed by atoms with Crippen LogP contribution in [-0.4, -0.2) is 24.9 Å². The summed E-state index contributed by atoms with van der Waals surface area (Å²) in [5.74, 6) is -0.0738. The van der Waals surface area contributed by atoms with Crippen molar-refractivity contribution >= 4 is 34.2 Å². The van der Waals surface area contributed by atoms with Crippen LogP contribution in [-0.2, 0) is 6.54 Å². The maximum Gasteiger partial charge on any atom is 0.255 e. The molecular weight excluding hydrogens is 375 g/mol. The molecule has 2 aromatic carbocycles. The highest BCUT2D eigenvalue weighted by molar-refractivity contribution is 14.1. The highest BCUT2D eigenvalue weighted by Gasteiger charge is 2.10. The van der Waals surface area contributed by atoms with Gasteiger partial charge in [-0.05, 0) is 79.5 Å². The van der Waals surface area contributed by atoms with Gasteiger partial charge in [0.05, 0.1) is 0 Å². The number of carbonyl (C=O) groups excluding carboxylic acids is 1. The first-order valence-electron chi connectivity index (χ1n) is 6.77. The molecule has 0 heterocycles. The van der Waals surface area contributed by atoms with Crippen molar-refractivity contribution in [2.24, 2.45) is 0 Å². The molecule has 4 heteroatoms. The Hall–Kier alpha value is -1.40. The van der Waals surface area contributed by atoms with Crippen LogP contribution in [0.25, 0.3) is 0 Å². The van der Waals surface area contributed by atoms with Gasteiger partial charge in [-0.2, -0.15) is 0 Å². The molecule has 3 nitrogen and oxygen atoms in total. The number of anilines is 1.